The number of benzene rings is 1. The number of aryl methyl sites for hydroxylation is 2. The van der Waals surface area contributed by atoms with Gasteiger partial charge in [0.15, 0.2) is 0 Å². The molecule has 1 heterocycles. The zero-order valence-electron chi connectivity index (χ0n) is 14.6. The maximum atomic E-state index is 13.1. The summed E-state index contributed by atoms with van der Waals surface area (Å²) in [5, 5.41) is 7.58. The van der Waals surface area contributed by atoms with Crippen molar-refractivity contribution in [2.45, 2.75) is 55.3 Å². The van der Waals surface area contributed by atoms with Crippen LogP contribution in [-0.4, -0.2) is 30.9 Å². The van der Waals surface area contributed by atoms with Crippen molar-refractivity contribution in [1.82, 2.24) is 9.19 Å². The molecule has 0 bridgehead atoms. The third kappa shape index (κ3) is 3.26. The predicted molar refractivity (Wildman–Crippen MR) is 97.6 cm³/mol. The van der Waals surface area contributed by atoms with Gasteiger partial charge in [0.1, 0.15) is 0 Å². The maximum absolute atomic E-state index is 13.1. The van der Waals surface area contributed by atoms with E-state index < -0.39 is 23.3 Å². The van der Waals surface area contributed by atoms with Crippen molar-refractivity contribution in [2.24, 2.45) is 0 Å². The van der Waals surface area contributed by atoms with E-state index in [1.54, 1.807) is 12.1 Å². The molecule has 0 N–H and O–H groups in total. The van der Waals surface area contributed by atoms with E-state index in [1.807, 2.05) is 32.0 Å². The Bertz CT molecular complexity index is 767. The molecule has 2 aromatic rings. The molecule has 1 aromatic heterocycles. The Balaban J connectivity index is 2.67. The number of hydrogen-bond acceptors (Lipinski definition) is 3. The summed E-state index contributed by atoms with van der Waals surface area (Å²) in [6.07, 6.45) is 0. The topological polar surface area (TPSA) is 52.0 Å². The van der Waals surface area contributed by atoms with Gasteiger partial charge in [-0.2, -0.15) is 0 Å². The summed E-state index contributed by atoms with van der Waals surface area (Å²) in [5.41, 5.74) is 1.82. The van der Waals surface area contributed by atoms with Gasteiger partial charge in [0.25, 0.3) is 0 Å². The Hall–Kier alpha value is -1.08. The van der Waals surface area contributed by atoms with Crippen LogP contribution in [0.2, 0.25) is 15.8 Å². The molecule has 2 rings (SSSR count). The second-order valence-corrected chi connectivity index (χ2v) is 18.8. The standard InChI is InChI=1S/C17H26GeN2O2S/c1-6-18(7-2,8-3)17-13-15(5)19-20(17)23(21,22)16-11-9-14(4)10-12-16/h9-13H,6-8H2,1-5H3. The van der Waals surface area contributed by atoms with Crippen molar-refractivity contribution in [1.29, 1.82) is 0 Å². The third-order valence-electron chi connectivity index (χ3n) is 4.92. The molecule has 0 spiro atoms. The molecule has 0 saturated heterocycles. The first kappa shape index (κ1) is 18.3. The van der Waals surface area contributed by atoms with Gasteiger partial charge in [-0.3, -0.25) is 0 Å². The van der Waals surface area contributed by atoms with Gasteiger partial charge < -0.3 is 0 Å². The van der Waals surface area contributed by atoms with Crippen LogP contribution in [0.15, 0.2) is 35.2 Å². The minimum atomic E-state index is -3.63. The second kappa shape index (κ2) is 6.81. The third-order valence-corrected chi connectivity index (χ3v) is 18.4. The van der Waals surface area contributed by atoms with Gasteiger partial charge in [-0.1, -0.05) is 0 Å². The van der Waals surface area contributed by atoms with Crippen LogP contribution in [0.4, 0.5) is 0 Å². The zero-order valence-corrected chi connectivity index (χ0v) is 17.5. The average molecular weight is 395 g/mol. The molecule has 0 aliphatic heterocycles. The van der Waals surface area contributed by atoms with E-state index in [9.17, 15) is 8.42 Å². The molecule has 6 heteroatoms. The molecule has 1 aromatic carbocycles. The summed E-state index contributed by atoms with van der Waals surface area (Å²) < 4.78 is 28.5. The van der Waals surface area contributed by atoms with Crippen LogP contribution in [0.3, 0.4) is 0 Å². The van der Waals surface area contributed by atoms with Gasteiger partial charge >= 0.3 is 142 Å². The van der Waals surface area contributed by atoms with E-state index in [0.29, 0.717) is 4.90 Å². The van der Waals surface area contributed by atoms with Crippen LogP contribution in [-0.2, 0) is 10.0 Å². The molecule has 0 aliphatic carbocycles. The molecule has 0 radical (unpaired) electrons. The Morgan fingerprint density at radius 3 is 2.00 bits per heavy atom. The Kier molecular flexibility index (Phi) is 5.41. The predicted octanol–water partition coefficient (Wildman–Crippen LogP) is 3.45. The fourth-order valence-electron chi connectivity index (χ4n) is 3.12. The Morgan fingerprint density at radius 1 is 1.00 bits per heavy atom. The number of hydrogen-bond donors (Lipinski definition) is 0. The normalized spacial score (nSPS) is 12.6. The van der Waals surface area contributed by atoms with E-state index in [1.165, 1.54) is 4.09 Å². The van der Waals surface area contributed by atoms with Gasteiger partial charge in [0.2, 0.25) is 0 Å². The van der Waals surface area contributed by atoms with Crippen LogP contribution in [0.1, 0.15) is 32.0 Å². The molecule has 23 heavy (non-hydrogen) atoms. The summed E-state index contributed by atoms with van der Waals surface area (Å²) in [4.78, 5) is 0.312. The summed E-state index contributed by atoms with van der Waals surface area (Å²) in [6.45, 7) is 10.4. The SMILES string of the molecule is C[CH2][Ge]([CH2]C)([CH2]C)[c]1cc(C)nn1S(=O)(=O)c1ccc(C)cc1. The Morgan fingerprint density at radius 2 is 1.52 bits per heavy atom. The fourth-order valence-corrected chi connectivity index (χ4v) is 13.6. The van der Waals surface area contributed by atoms with Crippen molar-refractivity contribution in [3.8, 4) is 0 Å². The molecule has 0 saturated carbocycles. The summed E-state index contributed by atoms with van der Waals surface area (Å²) in [5.74, 6) is 0. The van der Waals surface area contributed by atoms with Crippen LogP contribution >= 0.6 is 0 Å². The minimum absolute atomic E-state index is 0.312. The van der Waals surface area contributed by atoms with Gasteiger partial charge in [0, 0.05) is 0 Å². The summed E-state index contributed by atoms with van der Waals surface area (Å²) in [6, 6.07) is 9.00. The van der Waals surface area contributed by atoms with Crippen molar-refractivity contribution in [3.05, 3.63) is 41.6 Å². The number of rotatable bonds is 6. The van der Waals surface area contributed by atoms with Crippen molar-refractivity contribution in [2.75, 3.05) is 0 Å². The van der Waals surface area contributed by atoms with Gasteiger partial charge in [-0.15, -0.1) is 0 Å². The van der Waals surface area contributed by atoms with Crippen LogP contribution in [0, 0.1) is 13.8 Å². The number of nitrogens with zero attached hydrogens (tertiary/aromatic N) is 2. The van der Waals surface area contributed by atoms with E-state index in [4.69, 9.17) is 0 Å². The Labute approximate surface area is 142 Å². The van der Waals surface area contributed by atoms with E-state index in [2.05, 4.69) is 25.9 Å². The van der Waals surface area contributed by atoms with Crippen molar-refractivity contribution in [3.63, 3.8) is 0 Å². The van der Waals surface area contributed by atoms with E-state index in [-0.39, 0.29) is 0 Å². The van der Waals surface area contributed by atoms with Gasteiger partial charge in [-0.05, 0) is 0 Å². The fraction of sp³-hybridized carbons (Fsp3) is 0.471. The molecule has 126 valence electrons. The van der Waals surface area contributed by atoms with E-state index >= 15 is 0 Å². The monoisotopic (exact) mass is 396 g/mol. The van der Waals surface area contributed by atoms with Crippen molar-refractivity contribution >= 4 is 27.8 Å². The van der Waals surface area contributed by atoms with Crippen molar-refractivity contribution < 1.29 is 8.42 Å². The molecule has 0 amide bonds. The van der Waals surface area contributed by atoms with E-state index in [0.717, 1.165) is 31.5 Å². The zero-order chi connectivity index (χ0) is 17.3. The molecule has 0 fully saturated rings. The first-order valence-corrected chi connectivity index (χ1v) is 15.1. The number of aromatic nitrogens is 2. The van der Waals surface area contributed by atoms with Crippen LogP contribution < -0.4 is 4.53 Å². The molecular weight excluding hydrogens is 369 g/mol. The summed E-state index contributed by atoms with van der Waals surface area (Å²) in [7, 11) is -3.63. The van der Waals surface area contributed by atoms with Gasteiger partial charge in [-0.25, -0.2) is 0 Å². The van der Waals surface area contributed by atoms with Gasteiger partial charge in [0.05, 0.1) is 0 Å². The second-order valence-electron chi connectivity index (χ2n) is 6.17. The van der Waals surface area contributed by atoms with Crippen LogP contribution in [0.5, 0.6) is 0 Å². The quantitative estimate of drug-likeness (QED) is 0.705. The molecule has 0 unspecified atom stereocenters. The molecule has 0 aliphatic rings. The first-order valence-electron chi connectivity index (χ1n) is 8.20. The molecule has 0 atom stereocenters. The summed E-state index contributed by atoms with van der Waals surface area (Å²) >= 11 is -2.44. The molecular formula is C17H26GeN2O2S. The first-order chi connectivity index (χ1) is 10.8. The average Bonchev–Trinajstić information content (AvgIpc) is 2.93. The van der Waals surface area contributed by atoms with Crippen LogP contribution in [0.25, 0.3) is 0 Å². The molecule has 4 nitrogen and oxygen atoms in total.